The van der Waals surface area contributed by atoms with Crippen molar-refractivity contribution >= 4 is 18.2 Å². The number of aldehydes is 1. The van der Waals surface area contributed by atoms with Crippen LogP contribution in [0.15, 0.2) is 11.6 Å². The topological polar surface area (TPSA) is 534 Å². The molecule has 7 heterocycles. The van der Waals surface area contributed by atoms with Gasteiger partial charge in [-0.1, -0.05) is 144 Å². The fourth-order valence-corrected chi connectivity index (χ4v) is 22.6. The molecule has 17 N–H and O–H groups in total. The highest BCUT2D eigenvalue weighted by atomic mass is 16.8. The fraction of sp³-hybridized carbons (Fsp3) is 0.941. The number of esters is 1. The van der Waals surface area contributed by atoms with E-state index < -0.39 is 274 Å². The monoisotopic (exact) mass is 1720 g/mol. The fourth-order valence-electron chi connectivity index (χ4n) is 22.6. The van der Waals surface area contributed by atoms with Gasteiger partial charge in [0.2, 0.25) is 6.29 Å². The molecule has 35 nitrogen and oxygen atoms in total. The van der Waals surface area contributed by atoms with E-state index in [1.54, 1.807) is 13.8 Å². The van der Waals surface area contributed by atoms with Gasteiger partial charge in [0.1, 0.15) is 134 Å². The normalized spacial score (nSPS) is 49.1. The van der Waals surface area contributed by atoms with Gasteiger partial charge in [-0.05, 0) is 124 Å². The lowest BCUT2D eigenvalue weighted by Gasteiger charge is -2.71. The van der Waals surface area contributed by atoms with E-state index in [0.717, 1.165) is 37.5 Å². The highest BCUT2D eigenvalue weighted by molar-refractivity contribution is 5.79. The molecular weight excluding hydrogens is 1580 g/mol. The van der Waals surface area contributed by atoms with Crippen LogP contribution < -0.4 is 0 Å². The van der Waals surface area contributed by atoms with Gasteiger partial charge in [-0.3, -0.25) is 4.79 Å². The SMILES string of the molecule is CCCCCCCCCCCCCCCCO[C@@H]1[C@H](O)[C@@H](O[C@@H]2O[C@@H](C)[C@H](O[C@@H]3OC[C@@H](O)[C@H](O[C@@H]4OC[C@@H](O)[C@H](O)[C@H]4O)[C@H]3O)[C@@H](O)[C@H]2O)[C@H](OC(=O)[C@]23CCC(C)(C)CC2C2=CCC4[C@@]5(C)CC[C@H](O[C@@H]6O[C@H](C(=O)O)[C@@H](O)[C@H](O[C@@H]7OC[C@@H](O)[C@H](O)[C@H]7O)[C@H]6O[C@@H]6O[C@H](CO)[C@H](O)[C@H](O)[C@H]6O)[C@@](C)(C=O)C5CC[C@@]4(C)[C@]2(C)CC3)O[C@@H]1C. The third kappa shape index (κ3) is 19.3. The summed E-state index contributed by atoms with van der Waals surface area (Å²) in [5.74, 6) is -3.19. The lowest BCUT2D eigenvalue weighted by atomic mass is 9.33. The highest BCUT2D eigenvalue weighted by Gasteiger charge is 2.72. The van der Waals surface area contributed by atoms with Crippen molar-refractivity contribution in [2.45, 2.75) is 419 Å². The molecule has 12 rings (SSSR count). The number of ether oxygens (including phenoxy) is 15. The predicted molar refractivity (Wildman–Crippen MR) is 415 cm³/mol. The number of rotatable bonds is 33. The van der Waals surface area contributed by atoms with Crippen LogP contribution >= 0.6 is 0 Å². The van der Waals surface area contributed by atoms with Crippen molar-refractivity contribution in [3.63, 3.8) is 0 Å². The Hall–Kier alpha value is -2.85. The predicted octanol–water partition coefficient (Wildman–Crippen LogP) is 1.19. The number of allylic oxidation sites excluding steroid dienone is 2. The van der Waals surface area contributed by atoms with Crippen LogP contribution in [-0.2, 0) is 85.4 Å². The molecule has 7 saturated heterocycles. The van der Waals surface area contributed by atoms with E-state index in [1.165, 1.54) is 64.7 Å². The van der Waals surface area contributed by atoms with Crippen molar-refractivity contribution in [3.05, 3.63) is 11.6 Å². The Kier molecular flexibility index (Phi) is 32.1. The van der Waals surface area contributed by atoms with E-state index in [0.29, 0.717) is 64.2 Å². The number of fused-ring (bicyclic) bond motifs is 7. The minimum absolute atomic E-state index is 0.0945. The second kappa shape index (κ2) is 40.0. The van der Waals surface area contributed by atoms with Gasteiger partial charge in [-0.2, -0.15) is 0 Å². The van der Waals surface area contributed by atoms with Gasteiger partial charge >= 0.3 is 11.9 Å². The summed E-state index contributed by atoms with van der Waals surface area (Å²) in [4.78, 5) is 43.6. The Balaban J connectivity index is 0.768. The van der Waals surface area contributed by atoms with E-state index in [-0.39, 0.29) is 30.3 Å². The average molecular weight is 1720 g/mol. The molecular formula is C85H140O35. The summed E-state index contributed by atoms with van der Waals surface area (Å²) in [5, 5.41) is 188. The Labute approximate surface area is 701 Å². The molecule has 0 amide bonds. The zero-order chi connectivity index (χ0) is 87.0. The number of hydrogen-bond donors (Lipinski definition) is 17. The van der Waals surface area contributed by atoms with Crippen LogP contribution in [0.3, 0.4) is 0 Å². The number of aliphatic hydroxyl groups is 16. The summed E-state index contributed by atoms with van der Waals surface area (Å²) >= 11 is 0. The van der Waals surface area contributed by atoms with E-state index >= 15 is 4.79 Å². The van der Waals surface area contributed by atoms with Gasteiger partial charge in [0.25, 0.3) is 0 Å². The maximum absolute atomic E-state index is 16.2. The van der Waals surface area contributed by atoms with E-state index in [4.69, 9.17) is 71.1 Å². The molecule has 0 radical (unpaired) electrons. The van der Waals surface area contributed by atoms with Gasteiger partial charge in [0.05, 0.1) is 55.6 Å². The third-order valence-electron chi connectivity index (χ3n) is 30.2. The minimum atomic E-state index is -2.20. The smallest absolute Gasteiger partial charge is 0.335 e. The second-order valence-corrected chi connectivity index (χ2v) is 38.5. The summed E-state index contributed by atoms with van der Waals surface area (Å²) < 4.78 is 92.2. The Morgan fingerprint density at radius 3 is 1.58 bits per heavy atom. The number of carboxylic acids is 1. The third-order valence-corrected chi connectivity index (χ3v) is 30.2. The van der Waals surface area contributed by atoms with Crippen molar-refractivity contribution in [1.29, 1.82) is 0 Å². The van der Waals surface area contributed by atoms with Crippen LogP contribution in [0.1, 0.15) is 216 Å². The van der Waals surface area contributed by atoms with Gasteiger partial charge < -0.3 is 163 Å². The van der Waals surface area contributed by atoms with E-state index in [2.05, 4.69) is 47.6 Å². The number of carbonyl (C=O) groups excluding carboxylic acids is 2. The zero-order valence-electron chi connectivity index (χ0n) is 70.9. The first kappa shape index (κ1) is 96.2. The molecule has 7 aliphatic heterocycles. The molecule has 4 saturated carbocycles. The first-order chi connectivity index (χ1) is 56.8. The number of carbonyl (C=O) groups is 3. The number of hydrogen-bond acceptors (Lipinski definition) is 34. The average Bonchev–Trinajstić information content (AvgIpc) is 0.673. The van der Waals surface area contributed by atoms with Crippen LogP contribution in [-0.4, -0.2) is 341 Å². The molecule has 11 fully saturated rings. The lowest BCUT2D eigenvalue weighted by molar-refractivity contribution is -0.391. The van der Waals surface area contributed by atoms with Gasteiger partial charge in [-0.15, -0.1) is 0 Å². The van der Waals surface area contributed by atoms with Crippen molar-refractivity contribution in [1.82, 2.24) is 0 Å². The van der Waals surface area contributed by atoms with Gasteiger partial charge in [0.15, 0.2) is 49.9 Å². The number of unbranched alkanes of at least 4 members (excludes halogenated alkanes) is 13. The van der Waals surface area contributed by atoms with Crippen LogP contribution in [0, 0.1) is 50.2 Å². The van der Waals surface area contributed by atoms with Crippen LogP contribution in [0.4, 0.5) is 0 Å². The summed E-state index contributed by atoms with van der Waals surface area (Å²) in [6.07, 6.45) is -32.0. The molecule has 12 aliphatic rings. The summed E-state index contributed by atoms with van der Waals surface area (Å²) in [7, 11) is 0. The van der Waals surface area contributed by atoms with Crippen molar-refractivity contribution in [2.75, 3.05) is 33.0 Å². The molecule has 0 aromatic heterocycles. The first-order valence-electron chi connectivity index (χ1n) is 44.3. The first-order valence-corrected chi connectivity index (χ1v) is 44.3. The zero-order valence-corrected chi connectivity index (χ0v) is 70.9. The minimum Gasteiger partial charge on any atom is -0.479 e. The summed E-state index contributed by atoms with van der Waals surface area (Å²) in [5.41, 5.74) is -3.33. The molecule has 41 atom stereocenters. The standard InChI is InChI=1S/C85H140O35/c1-10-11-12-13-14-15-16-17-18-19-20-21-22-23-34-106-64-41(2)111-77(69(61(64)100)118-75-60(99)56(95)65(42(3)110-75)114-74-63(102)66(47(90)39-109-74)115-72-57(96)52(91)45(88)37-107-72)120-79(105)85-32-30-80(4,5)35-44(85)43-24-25-50-81(6)28-27-51(82(7,40-87)49(81)26-29-84(50,9)83(43,8)31-33-85)113-78-70(119-76-59(98)55(94)54(93)48(36-86)112-76)67(62(101)68(117-78)71(103)104)116-73-58(97)53(92)46(89)38-108-73/h24,40-42,44-70,72-78,86,88-102H,10-23,25-39H2,1-9H3,(H,103,104)/t41-,42+,44?,45-,46-,47-,48-,49?,50?,51+,52+,53+,54+,55+,56+,57-,58-,59-,60-,61+,62+,63-,64+,65+,66+,67+,68+,69-,70-,72+,73+,74+,75+,76+,77+,78-,81+,82+,83-,84-,85+/m1/s1. The maximum Gasteiger partial charge on any atom is 0.335 e. The van der Waals surface area contributed by atoms with Crippen LogP contribution in [0.2, 0.25) is 0 Å². The second-order valence-electron chi connectivity index (χ2n) is 38.5. The largest absolute Gasteiger partial charge is 0.479 e. The highest BCUT2D eigenvalue weighted by Crippen LogP contribution is 2.76. The molecule has 120 heavy (non-hydrogen) atoms. The molecule has 690 valence electrons. The van der Waals surface area contributed by atoms with Crippen molar-refractivity contribution in [3.8, 4) is 0 Å². The summed E-state index contributed by atoms with van der Waals surface area (Å²) in [6.45, 7) is 16.2. The molecule has 0 aromatic carbocycles. The summed E-state index contributed by atoms with van der Waals surface area (Å²) in [6, 6.07) is 0. The van der Waals surface area contributed by atoms with E-state index in [9.17, 15) is 96.4 Å². The molecule has 35 heteroatoms. The van der Waals surface area contributed by atoms with Gasteiger partial charge in [0, 0.05) is 6.61 Å². The lowest BCUT2D eigenvalue weighted by Crippen LogP contribution is -2.68. The number of aliphatic carboxylic acids is 1. The molecule has 0 bridgehead atoms. The molecule has 5 aliphatic carbocycles. The van der Waals surface area contributed by atoms with Crippen molar-refractivity contribution < 1.29 is 172 Å². The van der Waals surface area contributed by atoms with Crippen LogP contribution in [0.5, 0.6) is 0 Å². The molecule has 0 aromatic rings. The quantitative estimate of drug-likeness (QED) is 0.0144. The van der Waals surface area contributed by atoms with Crippen LogP contribution in [0.25, 0.3) is 0 Å². The Morgan fingerprint density at radius 2 is 0.983 bits per heavy atom. The molecule has 3 unspecified atom stereocenters. The maximum atomic E-state index is 16.2. The Morgan fingerprint density at radius 1 is 0.467 bits per heavy atom. The van der Waals surface area contributed by atoms with Gasteiger partial charge in [-0.25, -0.2) is 4.79 Å². The number of carboxylic acid groups (broad SMARTS) is 1. The van der Waals surface area contributed by atoms with E-state index in [1.807, 2.05) is 0 Å². The molecule has 0 spiro atoms. The Bertz CT molecular complexity index is 3340. The van der Waals surface area contributed by atoms with Crippen molar-refractivity contribution in [2.24, 2.45) is 50.2 Å². The number of aliphatic hydroxyl groups excluding tert-OH is 16.